The van der Waals surface area contributed by atoms with Crippen LogP contribution in [0.25, 0.3) is 0 Å². The SMILES string of the molecule is CCCCCCCCCCCCCCCC(=O)O[C@@H]1[C@@H](O)[C@@H](O)[C@@H]([C@H](NC(=O)C2CC(CCC)CN2C)[C@H](C)Cl)O[C@@H]1SC. The first-order valence-electron chi connectivity index (χ1n) is 17.5. The highest BCUT2D eigenvalue weighted by Crippen LogP contribution is 2.33. The molecule has 2 aliphatic heterocycles. The first kappa shape index (κ1) is 39.6. The zero-order chi connectivity index (χ0) is 32.5. The Kier molecular flexibility index (Phi) is 19.9. The number of aliphatic hydroxyl groups is 2. The highest BCUT2D eigenvalue weighted by Gasteiger charge is 2.50. The molecule has 1 amide bonds. The normalized spacial score (nSPS) is 29.0. The molecule has 0 spiro atoms. The van der Waals surface area contributed by atoms with Crippen LogP contribution in [0.5, 0.6) is 0 Å². The van der Waals surface area contributed by atoms with Gasteiger partial charge in [0.05, 0.1) is 17.5 Å². The van der Waals surface area contributed by atoms with E-state index in [2.05, 4.69) is 24.1 Å². The van der Waals surface area contributed by atoms with Gasteiger partial charge in [-0.05, 0) is 45.4 Å². The van der Waals surface area contributed by atoms with Crippen molar-refractivity contribution in [1.82, 2.24) is 10.2 Å². The van der Waals surface area contributed by atoms with E-state index in [0.29, 0.717) is 5.92 Å². The van der Waals surface area contributed by atoms with Crippen LogP contribution in [-0.4, -0.2) is 94.2 Å². The summed E-state index contributed by atoms with van der Waals surface area (Å²) in [5.41, 5.74) is -0.702. The number of alkyl halides is 1. The predicted octanol–water partition coefficient (Wildman–Crippen LogP) is 6.42. The number of carbonyl (C=O) groups excluding carboxylic acids is 2. The van der Waals surface area contributed by atoms with Gasteiger partial charge in [0.15, 0.2) is 6.10 Å². The summed E-state index contributed by atoms with van der Waals surface area (Å²) >= 11 is 7.82. The molecule has 2 unspecified atom stereocenters. The van der Waals surface area contributed by atoms with Crippen LogP contribution in [0, 0.1) is 5.92 Å². The largest absolute Gasteiger partial charge is 0.456 e. The number of hydrogen-bond donors (Lipinski definition) is 3. The number of esters is 1. The van der Waals surface area contributed by atoms with Gasteiger partial charge in [-0.25, -0.2) is 0 Å². The molecule has 258 valence electrons. The van der Waals surface area contributed by atoms with Gasteiger partial charge >= 0.3 is 5.97 Å². The van der Waals surface area contributed by atoms with Crippen LogP contribution < -0.4 is 5.32 Å². The topological polar surface area (TPSA) is 108 Å². The van der Waals surface area contributed by atoms with Crippen LogP contribution in [0.1, 0.15) is 130 Å². The van der Waals surface area contributed by atoms with Crippen molar-refractivity contribution >= 4 is 35.2 Å². The zero-order valence-electron chi connectivity index (χ0n) is 28.2. The van der Waals surface area contributed by atoms with E-state index >= 15 is 0 Å². The van der Waals surface area contributed by atoms with Gasteiger partial charge in [0, 0.05) is 13.0 Å². The Hall–Kier alpha value is -0.580. The number of nitrogens with zero attached hydrogens (tertiary/aromatic N) is 1. The second-order valence-electron chi connectivity index (χ2n) is 13.2. The first-order valence-corrected chi connectivity index (χ1v) is 19.2. The molecular formula is C34H63ClN2O6S. The highest BCUT2D eigenvalue weighted by molar-refractivity contribution is 7.99. The number of likely N-dealkylation sites (N-methyl/N-ethyl adjacent to an activating group) is 1. The number of halogens is 1. The van der Waals surface area contributed by atoms with Crippen molar-refractivity contribution in [3.8, 4) is 0 Å². The molecule has 0 aromatic heterocycles. The number of aliphatic hydroxyl groups excluding tert-OH is 2. The Morgan fingerprint density at radius 3 is 2.05 bits per heavy atom. The number of likely N-dealkylation sites (tertiary alicyclic amines) is 1. The smallest absolute Gasteiger partial charge is 0.306 e. The molecule has 9 atom stereocenters. The molecule has 0 saturated carbocycles. The lowest BCUT2D eigenvalue weighted by Crippen LogP contribution is -2.65. The second kappa shape index (κ2) is 22.1. The van der Waals surface area contributed by atoms with Crippen LogP contribution in [-0.2, 0) is 19.1 Å². The minimum atomic E-state index is -1.38. The number of hydrogen-bond acceptors (Lipinski definition) is 8. The number of nitrogens with one attached hydrogen (secondary N) is 1. The van der Waals surface area contributed by atoms with Gasteiger partial charge in [0.1, 0.15) is 23.7 Å². The zero-order valence-corrected chi connectivity index (χ0v) is 29.8. The van der Waals surface area contributed by atoms with Gasteiger partial charge in [0.2, 0.25) is 5.91 Å². The molecule has 0 aromatic carbocycles. The molecule has 2 heterocycles. The summed E-state index contributed by atoms with van der Waals surface area (Å²) in [5, 5.41) is 24.6. The van der Waals surface area contributed by atoms with Gasteiger partial charge < -0.3 is 25.0 Å². The third kappa shape index (κ3) is 13.3. The van der Waals surface area contributed by atoms with Crippen molar-refractivity contribution < 1.29 is 29.3 Å². The summed E-state index contributed by atoms with van der Waals surface area (Å²) in [6.07, 6.45) is 16.3. The summed E-state index contributed by atoms with van der Waals surface area (Å²) in [4.78, 5) is 28.0. The van der Waals surface area contributed by atoms with Crippen LogP contribution in [0.2, 0.25) is 0 Å². The van der Waals surface area contributed by atoms with E-state index in [-0.39, 0.29) is 18.4 Å². The third-order valence-corrected chi connectivity index (χ3v) is 10.5. The van der Waals surface area contributed by atoms with E-state index in [4.69, 9.17) is 21.1 Å². The Balaban J connectivity index is 1.76. The fourth-order valence-electron chi connectivity index (χ4n) is 6.72. The Bertz CT molecular complexity index is 806. The highest BCUT2D eigenvalue weighted by atomic mass is 35.5. The minimum absolute atomic E-state index is 0.152. The first-order chi connectivity index (χ1) is 21.1. The fraction of sp³-hybridized carbons (Fsp3) is 0.941. The van der Waals surface area contributed by atoms with E-state index in [0.717, 1.165) is 45.1 Å². The van der Waals surface area contributed by atoms with Crippen molar-refractivity contribution in [3.05, 3.63) is 0 Å². The molecular weight excluding hydrogens is 600 g/mol. The molecule has 8 nitrogen and oxygen atoms in total. The van der Waals surface area contributed by atoms with E-state index in [1.165, 1.54) is 76.0 Å². The minimum Gasteiger partial charge on any atom is -0.456 e. The van der Waals surface area contributed by atoms with Gasteiger partial charge in [-0.15, -0.1) is 23.4 Å². The molecule has 0 aliphatic carbocycles. The van der Waals surface area contributed by atoms with Crippen molar-refractivity contribution in [2.24, 2.45) is 5.92 Å². The molecule has 2 saturated heterocycles. The number of rotatable bonds is 22. The van der Waals surface area contributed by atoms with E-state index in [1.54, 1.807) is 13.2 Å². The lowest BCUT2D eigenvalue weighted by Gasteiger charge is -2.45. The third-order valence-electron chi connectivity index (χ3n) is 9.36. The lowest BCUT2D eigenvalue weighted by atomic mass is 9.92. The van der Waals surface area contributed by atoms with Crippen LogP contribution in [0.15, 0.2) is 0 Å². The van der Waals surface area contributed by atoms with Gasteiger partial charge in [0.25, 0.3) is 0 Å². The van der Waals surface area contributed by atoms with Crippen molar-refractivity contribution in [2.45, 2.75) is 177 Å². The quantitative estimate of drug-likeness (QED) is 0.0693. The average molecular weight is 663 g/mol. The molecule has 0 bridgehead atoms. The van der Waals surface area contributed by atoms with Gasteiger partial charge in [-0.3, -0.25) is 14.5 Å². The number of unbranched alkanes of at least 4 members (excludes halogenated alkanes) is 12. The summed E-state index contributed by atoms with van der Waals surface area (Å²) < 4.78 is 11.9. The predicted molar refractivity (Wildman–Crippen MR) is 181 cm³/mol. The second-order valence-corrected chi connectivity index (χ2v) is 14.8. The van der Waals surface area contributed by atoms with Crippen LogP contribution in [0.3, 0.4) is 0 Å². The van der Waals surface area contributed by atoms with Crippen molar-refractivity contribution in [3.63, 3.8) is 0 Å². The summed E-state index contributed by atoms with van der Waals surface area (Å²) in [7, 11) is 1.95. The van der Waals surface area contributed by atoms with E-state index in [9.17, 15) is 19.8 Å². The molecule has 2 aliphatic rings. The number of ether oxygens (including phenoxy) is 2. The molecule has 10 heteroatoms. The standard InChI is InChI=1S/C34H63ClN2O6S/c1-6-8-9-10-11-12-13-14-15-16-17-18-19-21-27(38)42-32-30(40)29(39)31(43-34(32)44-5)28(24(3)35)36-33(41)26-22-25(20-7-2)23-37(26)4/h24-26,28-32,34,39-40H,6-23H2,1-5H3,(H,36,41)/t24-,25?,26?,28+,29+,30-,31+,32+,34+/m0/s1. The van der Waals surface area contributed by atoms with Gasteiger partial charge in [-0.2, -0.15) is 0 Å². The van der Waals surface area contributed by atoms with Gasteiger partial charge in [-0.1, -0.05) is 97.3 Å². The molecule has 0 aromatic rings. The summed E-state index contributed by atoms with van der Waals surface area (Å²) in [5.74, 6) is -0.0742. The van der Waals surface area contributed by atoms with Crippen LogP contribution in [0.4, 0.5) is 0 Å². The molecule has 2 rings (SSSR count). The van der Waals surface area contributed by atoms with Crippen molar-refractivity contribution in [1.29, 1.82) is 0 Å². The molecule has 0 radical (unpaired) electrons. The number of thioether (sulfide) groups is 1. The Morgan fingerprint density at radius 2 is 1.52 bits per heavy atom. The van der Waals surface area contributed by atoms with E-state index in [1.807, 2.05) is 7.05 Å². The molecule has 3 N–H and O–H groups in total. The Morgan fingerprint density at radius 1 is 0.955 bits per heavy atom. The summed E-state index contributed by atoms with van der Waals surface area (Å²) in [6.45, 7) is 7.01. The lowest BCUT2D eigenvalue weighted by molar-refractivity contribution is -0.218. The number of carbonyl (C=O) groups is 2. The maximum Gasteiger partial charge on any atom is 0.306 e. The van der Waals surface area contributed by atoms with E-state index < -0.39 is 47.2 Å². The fourth-order valence-corrected chi connectivity index (χ4v) is 7.65. The molecule has 2 fully saturated rings. The van der Waals surface area contributed by atoms with Crippen LogP contribution >= 0.6 is 23.4 Å². The Labute approximate surface area is 277 Å². The number of amides is 1. The average Bonchev–Trinajstić information content (AvgIpc) is 3.36. The summed E-state index contributed by atoms with van der Waals surface area (Å²) in [6, 6.07) is -1.00. The van der Waals surface area contributed by atoms with Crippen molar-refractivity contribution in [2.75, 3.05) is 19.8 Å². The monoisotopic (exact) mass is 662 g/mol. The maximum atomic E-state index is 13.3. The maximum absolute atomic E-state index is 13.3. The molecule has 44 heavy (non-hydrogen) atoms.